The Morgan fingerprint density at radius 2 is 1.93 bits per heavy atom. The van der Waals surface area contributed by atoms with Crippen LogP contribution in [0.15, 0.2) is 57.0 Å². The summed E-state index contributed by atoms with van der Waals surface area (Å²) in [5, 5.41) is 26.0. The van der Waals surface area contributed by atoms with Crippen LogP contribution in [0.5, 0.6) is 5.88 Å². The van der Waals surface area contributed by atoms with E-state index in [2.05, 4.69) is 9.63 Å². The summed E-state index contributed by atoms with van der Waals surface area (Å²) in [6.07, 6.45) is 1.75. The minimum absolute atomic E-state index is 0.0434. The number of hydrogen-bond donors (Lipinski definition) is 1. The van der Waals surface area contributed by atoms with Gasteiger partial charge in [0, 0.05) is 23.6 Å². The van der Waals surface area contributed by atoms with Crippen LogP contribution in [0.2, 0.25) is 0 Å². The third kappa shape index (κ3) is 3.97. The highest BCUT2D eigenvalue weighted by atomic mass is 32.2. The molecule has 10 heteroatoms. The Labute approximate surface area is 167 Å². The SMILES string of the molecule is CCCCn1c(O)c(N=NS(=O)(=O)c2ccc(C)c([N+](=O)[O-])c2)c2ccccc21. The van der Waals surface area contributed by atoms with E-state index in [9.17, 15) is 23.6 Å². The lowest BCUT2D eigenvalue weighted by molar-refractivity contribution is -0.385. The van der Waals surface area contributed by atoms with E-state index < -0.39 is 14.9 Å². The van der Waals surface area contributed by atoms with Crippen molar-refractivity contribution in [2.75, 3.05) is 0 Å². The van der Waals surface area contributed by atoms with E-state index in [-0.39, 0.29) is 22.2 Å². The summed E-state index contributed by atoms with van der Waals surface area (Å²) >= 11 is 0. The molecule has 0 saturated carbocycles. The zero-order valence-electron chi connectivity index (χ0n) is 15.9. The van der Waals surface area contributed by atoms with Crippen LogP contribution >= 0.6 is 0 Å². The Kier molecular flexibility index (Phi) is 5.64. The van der Waals surface area contributed by atoms with Gasteiger partial charge in [-0.3, -0.25) is 10.1 Å². The largest absolute Gasteiger partial charge is 0.493 e. The van der Waals surface area contributed by atoms with Gasteiger partial charge in [-0.15, -0.1) is 5.11 Å². The average Bonchev–Trinajstić information content (AvgIpc) is 2.95. The number of aromatic nitrogens is 1. The molecule has 9 nitrogen and oxygen atoms in total. The molecule has 0 fully saturated rings. The number of rotatable bonds is 7. The standard InChI is InChI=1S/C19H20N4O5S/c1-3-4-11-22-16-8-6-5-7-15(16)18(19(22)24)20-21-29(27,28)14-10-9-13(2)17(12-14)23(25)26/h5-10,12,24H,3-4,11H2,1-2H3. The van der Waals surface area contributed by atoms with E-state index in [0.29, 0.717) is 17.5 Å². The Bertz CT molecular complexity index is 1210. The summed E-state index contributed by atoms with van der Waals surface area (Å²) < 4.78 is 30.2. The number of sulfonamides is 1. The molecule has 1 aromatic heterocycles. The first-order chi connectivity index (χ1) is 13.8. The van der Waals surface area contributed by atoms with E-state index in [4.69, 9.17) is 0 Å². The monoisotopic (exact) mass is 416 g/mol. The number of aryl methyl sites for hydroxylation is 2. The molecule has 0 bridgehead atoms. The summed E-state index contributed by atoms with van der Waals surface area (Å²) in [4.78, 5) is 10.1. The van der Waals surface area contributed by atoms with Gasteiger partial charge in [0.1, 0.15) is 0 Å². The van der Waals surface area contributed by atoms with E-state index in [1.807, 2.05) is 19.1 Å². The van der Waals surface area contributed by atoms with E-state index in [1.54, 1.807) is 16.7 Å². The molecule has 0 atom stereocenters. The molecule has 0 aliphatic carbocycles. The van der Waals surface area contributed by atoms with Gasteiger partial charge in [-0.25, -0.2) is 0 Å². The first-order valence-electron chi connectivity index (χ1n) is 8.99. The normalized spacial score (nSPS) is 12.1. The van der Waals surface area contributed by atoms with Crippen LogP contribution in [0.4, 0.5) is 11.4 Å². The van der Waals surface area contributed by atoms with Crippen molar-refractivity contribution in [3.8, 4) is 5.88 Å². The molecule has 29 heavy (non-hydrogen) atoms. The van der Waals surface area contributed by atoms with Crippen molar-refractivity contribution >= 4 is 32.3 Å². The Balaban J connectivity index is 2.06. The first-order valence-corrected chi connectivity index (χ1v) is 10.4. The fourth-order valence-electron chi connectivity index (χ4n) is 3.00. The molecule has 3 aromatic rings. The number of para-hydroxylation sites is 1. The second-order valence-electron chi connectivity index (χ2n) is 6.56. The number of fused-ring (bicyclic) bond motifs is 1. The molecule has 1 heterocycles. The van der Waals surface area contributed by atoms with E-state index >= 15 is 0 Å². The van der Waals surface area contributed by atoms with Gasteiger partial charge in [0.25, 0.3) is 15.7 Å². The molecule has 2 aromatic carbocycles. The number of aromatic hydroxyl groups is 1. The lowest BCUT2D eigenvalue weighted by Crippen LogP contribution is -1.99. The lowest BCUT2D eigenvalue weighted by atomic mass is 10.2. The fourth-order valence-corrected chi connectivity index (χ4v) is 3.78. The minimum atomic E-state index is -4.29. The highest BCUT2D eigenvalue weighted by Crippen LogP contribution is 2.39. The average molecular weight is 416 g/mol. The van der Waals surface area contributed by atoms with Gasteiger partial charge in [0.15, 0.2) is 5.69 Å². The van der Waals surface area contributed by atoms with Gasteiger partial charge in [0.2, 0.25) is 5.88 Å². The maximum absolute atomic E-state index is 12.5. The van der Waals surface area contributed by atoms with Gasteiger partial charge in [-0.1, -0.05) is 42.1 Å². The summed E-state index contributed by atoms with van der Waals surface area (Å²) in [5.41, 5.74) is 0.778. The third-order valence-corrected chi connectivity index (χ3v) is 5.72. The highest BCUT2D eigenvalue weighted by Gasteiger charge is 2.21. The predicted molar refractivity (Wildman–Crippen MR) is 108 cm³/mol. The van der Waals surface area contributed by atoms with Crippen LogP contribution in [-0.2, 0) is 16.6 Å². The van der Waals surface area contributed by atoms with Crippen molar-refractivity contribution in [3.05, 3.63) is 58.1 Å². The minimum Gasteiger partial charge on any atom is -0.493 e. The molecule has 0 unspecified atom stereocenters. The van der Waals surface area contributed by atoms with Gasteiger partial charge in [0.05, 0.1) is 15.3 Å². The molecule has 0 amide bonds. The number of unbranched alkanes of at least 4 members (excludes halogenated alkanes) is 1. The maximum Gasteiger partial charge on any atom is 0.300 e. The molecule has 0 radical (unpaired) electrons. The fraction of sp³-hybridized carbons (Fsp3) is 0.263. The Morgan fingerprint density at radius 3 is 2.62 bits per heavy atom. The molecule has 0 spiro atoms. The van der Waals surface area contributed by atoms with Gasteiger partial charge < -0.3 is 9.67 Å². The number of hydrogen-bond acceptors (Lipinski definition) is 6. The van der Waals surface area contributed by atoms with Gasteiger partial charge in [-0.05, 0) is 25.5 Å². The predicted octanol–water partition coefficient (Wildman–Crippen LogP) is 4.84. The highest BCUT2D eigenvalue weighted by molar-refractivity contribution is 7.90. The molecular formula is C19H20N4O5S. The molecule has 3 rings (SSSR count). The van der Waals surface area contributed by atoms with Crippen molar-refractivity contribution in [1.29, 1.82) is 0 Å². The molecule has 0 saturated heterocycles. The lowest BCUT2D eigenvalue weighted by Gasteiger charge is -2.05. The number of benzene rings is 2. The Morgan fingerprint density at radius 1 is 1.21 bits per heavy atom. The van der Waals surface area contributed by atoms with Gasteiger partial charge >= 0.3 is 0 Å². The van der Waals surface area contributed by atoms with Crippen molar-refractivity contribution in [3.63, 3.8) is 0 Å². The molecular weight excluding hydrogens is 396 g/mol. The quantitative estimate of drug-likeness (QED) is 0.335. The second-order valence-corrected chi connectivity index (χ2v) is 8.14. The first kappa shape index (κ1) is 20.5. The summed E-state index contributed by atoms with van der Waals surface area (Å²) in [6, 6.07) is 10.6. The van der Waals surface area contributed by atoms with Gasteiger partial charge in [-0.2, -0.15) is 8.42 Å². The zero-order valence-corrected chi connectivity index (χ0v) is 16.8. The van der Waals surface area contributed by atoms with Crippen LogP contribution in [0.1, 0.15) is 25.3 Å². The van der Waals surface area contributed by atoms with Crippen molar-refractivity contribution < 1.29 is 18.4 Å². The van der Waals surface area contributed by atoms with Crippen molar-refractivity contribution in [2.24, 2.45) is 9.63 Å². The van der Waals surface area contributed by atoms with Crippen LogP contribution in [-0.4, -0.2) is 23.0 Å². The smallest absolute Gasteiger partial charge is 0.300 e. The van der Waals surface area contributed by atoms with E-state index in [0.717, 1.165) is 24.4 Å². The maximum atomic E-state index is 12.5. The summed E-state index contributed by atoms with van der Waals surface area (Å²) in [5.74, 6) is -0.173. The van der Waals surface area contributed by atoms with Crippen LogP contribution in [0.25, 0.3) is 10.9 Å². The number of nitro benzene ring substituents is 1. The number of nitrogens with zero attached hydrogens (tertiary/aromatic N) is 4. The molecule has 152 valence electrons. The zero-order chi connectivity index (χ0) is 21.2. The van der Waals surface area contributed by atoms with Crippen LogP contribution in [0, 0.1) is 17.0 Å². The second kappa shape index (κ2) is 8.00. The molecule has 0 aliphatic rings. The van der Waals surface area contributed by atoms with Crippen LogP contribution < -0.4 is 0 Å². The van der Waals surface area contributed by atoms with Crippen LogP contribution in [0.3, 0.4) is 0 Å². The van der Waals surface area contributed by atoms with Crippen molar-refractivity contribution in [2.45, 2.75) is 38.1 Å². The van der Waals surface area contributed by atoms with E-state index in [1.165, 1.54) is 19.1 Å². The molecule has 1 N–H and O–H groups in total. The molecule has 0 aliphatic heterocycles. The third-order valence-electron chi connectivity index (χ3n) is 4.58. The summed E-state index contributed by atoms with van der Waals surface area (Å²) in [6.45, 7) is 4.09. The summed E-state index contributed by atoms with van der Waals surface area (Å²) in [7, 11) is -4.29. The topological polar surface area (TPSA) is 127 Å². The Hall–Kier alpha value is -3.27. The number of nitro groups is 1. The van der Waals surface area contributed by atoms with Crippen molar-refractivity contribution in [1.82, 2.24) is 4.57 Å².